The molecule has 1 aliphatic rings. The molecule has 10 rings (SSSR count). The van der Waals surface area contributed by atoms with Crippen molar-refractivity contribution in [2.75, 3.05) is 0 Å². The number of rotatable bonds is 5. The normalized spacial score (nSPS) is 13.1. The molecule has 1 fully saturated rings. The molecular formula is C44H50N12O4. The molecule has 310 valence electrons. The lowest BCUT2D eigenvalue weighted by Gasteiger charge is -2.21. The molecule has 0 spiro atoms. The van der Waals surface area contributed by atoms with E-state index in [1.165, 1.54) is 37.7 Å². The molecule has 60 heavy (non-hydrogen) atoms. The van der Waals surface area contributed by atoms with Crippen molar-refractivity contribution in [2.45, 2.75) is 84.5 Å². The quantitative estimate of drug-likeness (QED) is 0.171. The lowest BCUT2D eigenvalue weighted by molar-refractivity contribution is 0.354. The van der Waals surface area contributed by atoms with Crippen molar-refractivity contribution in [1.29, 1.82) is 0 Å². The molecule has 1 saturated carbocycles. The van der Waals surface area contributed by atoms with Crippen LogP contribution < -0.4 is 22.2 Å². The molecule has 0 radical (unpaired) electrons. The first-order chi connectivity index (χ1) is 28.9. The van der Waals surface area contributed by atoms with Crippen LogP contribution in [0.1, 0.15) is 88.1 Å². The summed E-state index contributed by atoms with van der Waals surface area (Å²) >= 11 is 0. The smallest absolute Gasteiger partial charge is 0.291 e. The van der Waals surface area contributed by atoms with Gasteiger partial charge in [-0.2, -0.15) is 0 Å². The molecule has 1 aliphatic carbocycles. The van der Waals surface area contributed by atoms with Gasteiger partial charge in [-0.25, -0.2) is 19.9 Å². The molecule has 16 nitrogen and oxygen atoms in total. The van der Waals surface area contributed by atoms with Gasteiger partial charge in [0.25, 0.3) is 22.2 Å². The molecule has 0 atom stereocenters. The van der Waals surface area contributed by atoms with E-state index in [4.69, 9.17) is 0 Å². The largest absolute Gasteiger partial charge is 0.322 e. The lowest BCUT2D eigenvalue weighted by Crippen LogP contribution is -2.21. The molecule has 9 aromatic rings. The van der Waals surface area contributed by atoms with Gasteiger partial charge < -0.3 is 37.5 Å². The number of aromatic nitrogens is 12. The highest BCUT2D eigenvalue weighted by Gasteiger charge is 2.17. The van der Waals surface area contributed by atoms with Gasteiger partial charge in [-0.1, -0.05) is 90.1 Å². The minimum absolute atomic E-state index is 0.0579. The highest BCUT2D eigenvalue weighted by molar-refractivity contribution is 5.38. The second kappa shape index (κ2) is 18.2. The van der Waals surface area contributed by atoms with Crippen LogP contribution in [0.15, 0.2) is 124 Å². The number of imidazole rings is 4. The monoisotopic (exact) mass is 810 g/mol. The van der Waals surface area contributed by atoms with E-state index in [9.17, 15) is 19.2 Å². The Morgan fingerprint density at radius 3 is 1.50 bits per heavy atom. The molecular weight excluding hydrogens is 761 g/mol. The van der Waals surface area contributed by atoms with E-state index in [0.29, 0.717) is 29.0 Å². The van der Waals surface area contributed by atoms with Gasteiger partial charge >= 0.3 is 0 Å². The number of nitrogens with one attached hydrogen (secondary N) is 4. The van der Waals surface area contributed by atoms with Gasteiger partial charge in [0.1, 0.15) is 0 Å². The first-order valence-electron chi connectivity index (χ1n) is 20.2. The second-order valence-electron chi connectivity index (χ2n) is 15.9. The summed E-state index contributed by atoms with van der Waals surface area (Å²) in [5.74, 6) is 0.736. The SMILES string of the molecule is CC(C)(C)c1cn2ccnc2c(=O)[nH]1.CCc1cn2ccnc2c(=O)[nH]1.O=c1[nH]c(CC2CCCCC2)cn2ccnc12.O=c1[nH]c(Cc2ccccc2)cn2ccnc12. The fraction of sp³-hybridized carbons (Fsp3) is 0.318. The third kappa shape index (κ3) is 9.94. The van der Waals surface area contributed by atoms with Crippen molar-refractivity contribution < 1.29 is 0 Å². The minimum atomic E-state index is -0.150. The Kier molecular flexibility index (Phi) is 12.5. The molecule has 0 bridgehead atoms. The number of hydrogen-bond donors (Lipinski definition) is 4. The van der Waals surface area contributed by atoms with Crippen LogP contribution in [0.25, 0.3) is 22.6 Å². The molecule has 0 amide bonds. The molecule has 8 aromatic heterocycles. The fourth-order valence-electron chi connectivity index (χ4n) is 7.20. The summed E-state index contributed by atoms with van der Waals surface area (Å²) in [7, 11) is 0. The van der Waals surface area contributed by atoms with Gasteiger partial charge in [0, 0.05) is 109 Å². The number of benzene rings is 1. The topological polar surface area (TPSA) is 201 Å². The molecule has 16 heteroatoms. The highest BCUT2D eigenvalue weighted by atomic mass is 16.1. The van der Waals surface area contributed by atoms with Crippen LogP contribution in [0.2, 0.25) is 0 Å². The van der Waals surface area contributed by atoms with Crippen LogP contribution in [0.3, 0.4) is 0 Å². The first kappa shape index (κ1) is 41.1. The lowest BCUT2D eigenvalue weighted by atomic mass is 9.86. The number of nitrogens with zero attached hydrogens (tertiary/aromatic N) is 8. The third-order valence-electron chi connectivity index (χ3n) is 10.4. The van der Waals surface area contributed by atoms with E-state index >= 15 is 0 Å². The highest BCUT2D eigenvalue weighted by Crippen LogP contribution is 2.26. The van der Waals surface area contributed by atoms with Crippen molar-refractivity contribution >= 4 is 22.6 Å². The average Bonchev–Trinajstić information content (AvgIpc) is 4.07. The number of fused-ring (bicyclic) bond motifs is 4. The molecule has 0 saturated heterocycles. The zero-order valence-corrected chi connectivity index (χ0v) is 34.3. The predicted octanol–water partition coefficient (Wildman–Crippen LogP) is 5.66. The summed E-state index contributed by atoms with van der Waals surface area (Å²) in [6.45, 7) is 8.16. The Balaban J connectivity index is 0.000000122. The van der Waals surface area contributed by atoms with E-state index in [-0.39, 0.29) is 27.7 Å². The van der Waals surface area contributed by atoms with Crippen molar-refractivity contribution in [3.8, 4) is 0 Å². The maximum Gasteiger partial charge on any atom is 0.291 e. The van der Waals surface area contributed by atoms with Gasteiger partial charge in [0.05, 0.1) is 0 Å². The Labute approximate surface area is 344 Å². The number of hydrogen-bond acceptors (Lipinski definition) is 8. The summed E-state index contributed by atoms with van der Waals surface area (Å²) in [6.07, 6.45) is 30.5. The summed E-state index contributed by atoms with van der Waals surface area (Å²) in [5.41, 5.74) is 6.18. The van der Waals surface area contributed by atoms with Gasteiger partial charge in [-0.3, -0.25) is 19.2 Å². The number of aryl methyl sites for hydroxylation is 1. The van der Waals surface area contributed by atoms with Crippen molar-refractivity contribution in [3.63, 3.8) is 0 Å². The Morgan fingerprint density at radius 2 is 1.00 bits per heavy atom. The Bertz CT molecular complexity index is 3060. The number of H-pyrrole nitrogens is 4. The van der Waals surface area contributed by atoms with E-state index in [0.717, 1.165) is 41.5 Å². The maximum absolute atomic E-state index is 11.8. The summed E-state index contributed by atoms with van der Waals surface area (Å²) in [5, 5.41) is 0. The zero-order chi connectivity index (χ0) is 42.2. The van der Waals surface area contributed by atoms with Crippen molar-refractivity contribution in [2.24, 2.45) is 5.92 Å². The van der Waals surface area contributed by atoms with Gasteiger partial charge in [-0.05, 0) is 24.3 Å². The van der Waals surface area contributed by atoms with Crippen LogP contribution in [0, 0.1) is 5.92 Å². The zero-order valence-electron chi connectivity index (χ0n) is 34.3. The Morgan fingerprint density at radius 1 is 0.567 bits per heavy atom. The molecule has 4 N–H and O–H groups in total. The fourth-order valence-corrected chi connectivity index (χ4v) is 7.20. The van der Waals surface area contributed by atoms with Crippen molar-refractivity contribution in [3.05, 3.63) is 174 Å². The van der Waals surface area contributed by atoms with Crippen LogP contribution in [0.4, 0.5) is 0 Å². The van der Waals surface area contributed by atoms with Crippen LogP contribution >= 0.6 is 0 Å². The second-order valence-corrected chi connectivity index (χ2v) is 15.9. The van der Waals surface area contributed by atoms with Crippen LogP contribution in [-0.4, -0.2) is 57.5 Å². The summed E-state index contributed by atoms with van der Waals surface area (Å²) in [6, 6.07) is 10.0. The summed E-state index contributed by atoms with van der Waals surface area (Å²) in [4.78, 5) is 73.6. The van der Waals surface area contributed by atoms with Crippen LogP contribution in [-0.2, 0) is 24.7 Å². The van der Waals surface area contributed by atoms with E-state index < -0.39 is 0 Å². The standard InChI is InChI=1S/C13H17N3O.C13H11N3O.C10H13N3O.C8H9N3O/c2*17-13-12-14-6-7-16(12)9-11(15-13)8-10-4-2-1-3-5-10;1-10(2,3)7-6-13-5-4-11-8(13)9(14)12-7;1-2-6-5-11-4-3-9-7(11)8(12)10-6/h6-7,9-10H,1-5,8H2,(H,15,17);1-7,9H,8H2,(H,15,17);4-6H,1-3H3,(H,12,14);3-5H,2H2,1H3,(H,10,12). The first-order valence-corrected chi connectivity index (χ1v) is 20.2. The van der Waals surface area contributed by atoms with Gasteiger partial charge in [0.15, 0.2) is 0 Å². The molecule has 0 unspecified atom stereocenters. The molecule has 0 aliphatic heterocycles. The molecule has 1 aromatic carbocycles. The predicted molar refractivity (Wildman–Crippen MR) is 231 cm³/mol. The van der Waals surface area contributed by atoms with E-state index in [1.807, 2.05) is 72.6 Å². The van der Waals surface area contributed by atoms with E-state index in [1.54, 1.807) is 56.6 Å². The van der Waals surface area contributed by atoms with Gasteiger partial charge in [-0.15, -0.1) is 0 Å². The average molecular weight is 811 g/mol. The molecule has 8 heterocycles. The number of aromatic amines is 4. The maximum atomic E-state index is 11.8. The van der Waals surface area contributed by atoms with E-state index in [2.05, 4.69) is 60.6 Å². The Hall–Kier alpha value is -7.10. The van der Waals surface area contributed by atoms with Crippen LogP contribution in [0.5, 0.6) is 0 Å². The third-order valence-corrected chi connectivity index (χ3v) is 10.4. The summed E-state index contributed by atoms with van der Waals surface area (Å²) < 4.78 is 7.05. The van der Waals surface area contributed by atoms with Crippen molar-refractivity contribution in [1.82, 2.24) is 57.5 Å². The minimum Gasteiger partial charge on any atom is -0.322 e. The van der Waals surface area contributed by atoms with Gasteiger partial charge in [0.2, 0.25) is 22.6 Å².